The summed E-state index contributed by atoms with van der Waals surface area (Å²) in [4.78, 5) is 31.7. The van der Waals surface area contributed by atoms with E-state index in [2.05, 4.69) is 35.9 Å². The van der Waals surface area contributed by atoms with E-state index in [9.17, 15) is 9.59 Å². The first-order valence-electron chi connectivity index (χ1n) is 9.30. The number of nitrogens with zero attached hydrogens (tertiary/aromatic N) is 6. The number of fused-ring (bicyclic) bond motifs is 1. The molecule has 0 aliphatic rings. The lowest BCUT2D eigenvalue weighted by molar-refractivity contribution is 0.0933. The molecule has 4 aromatic rings. The lowest BCUT2D eigenvalue weighted by Gasteiger charge is -2.13. The molecule has 0 spiro atoms. The fraction of sp³-hybridized carbons (Fsp3) is 0.105. The molecule has 0 unspecified atom stereocenters. The van der Waals surface area contributed by atoms with Crippen LogP contribution in [0.4, 0.5) is 17.3 Å². The first kappa shape index (κ1) is 20.9. The number of rotatable bonds is 6. The average Bonchev–Trinajstić information content (AvgIpc) is 3.17. The van der Waals surface area contributed by atoms with Crippen LogP contribution in [0.25, 0.3) is 5.65 Å². The van der Waals surface area contributed by atoms with Crippen molar-refractivity contribution in [1.29, 1.82) is 0 Å². The van der Waals surface area contributed by atoms with Gasteiger partial charge in [0.15, 0.2) is 28.8 Å². The molecule has 32 heavy (non-hydrogen) atoms. The van der Waals surface area contributed by atoms with Gasteiger partial charge < -0.3 is 22.1 Å². The van der Waals surface area contributed by atoms with Gasteiger partial charge in [-0.15, -0.1) is 15.3 Å². The lowest BCUT2D eigenvalue weighted by atomic mass is 10.2. The zero-order valence-electron chi connectivity index (χ0n) is 16.7. The fourth-order valence-corrected chi connectivity index (χ4v) is 3.06. The molecular formula is C19H17ClN10O2. The molecule has 0 aliphatic heterocycles. The van der Waals surface area contributed by atoms with Crippen LogP contribution >= 0.6 is 11.6 Å². The fourth-order valence-electron chi connectivity index (χ4n) is 2.87. The van der Waals surface area contributed by atoms with Crippen molar-refractivity contribution in [2.24, 2.45) is 5.73 Å². The van der Waals surface area contributed by atoms with Crippen molar-refractivity contribution in [3.63, 3.8) is 0 Å². The molecule has 0 radical (unpaired) electrons. The molecule has 3 heterocycles. The monoisotopic (exact) mass is 452 g/mol. The number of aromatic nitrogens is 6. The van der Waals surface area contributed by atoms with Gasteiger partial charge in [0.05, 0.1) is 12.2 Å². The van der Waals surface area contributed by atoms with Gasteiger partial charge in [0.1, 0.15) is 5.69 Å². The highest BCUT2D eigenvalue weighted by Crippen LogP contribution is 2.20. The van der Waals surface area contributed by atoms with E-state index >= 15 is 0 Å². The predicted octanol–water partition coefficient (Wildman–Crippen LogP) is 1.48. The van der Waals surface area contributed by atoms with E-state index in [-0.39, 0.29) is 17.2 Å². The van der Waals surface area contributed by atoms with E-state index in [1.807, 2.05) is 12.1 Å². The lowest BCUT2D eigenvalue weighted by Crippen LogP contribution is -2.30. The number of carbonyl (C=O) groups excluding carboxylic acids is 2. The summed E-state index contributed by atoms with van der Waals surface area (Å²) in [5.41, 5.74) is 11.8. The van der Waals surface area contributed by atoms with Crippen LogP contribution in [0.3, 0.4) is 0 Å². The van der Waals surface area contributed by atoms with Gasteiger partial charge in [-0.25, -0.2) is 9.97 Å². The molecule has 6 N–H and O–H groups in total. The maximum atomic E-state index is 12.7. The normalized spacial score (nSPS) is 11.8. The number of amides is 2. The number of carbonyl (C=O) groups is 2. The number of benzene rings is 1. The van der Waals surface area contributed by atoms with Crippen LogP contribution in [0.1, 0.15) is 39.8 Å². The Morgan fingerprint density at radius 1 is 1.19 bits per heavy atom. The summed E-state index contributed by atoms with van der Waals surface area (Å²) >= 11 is 6.02. The number of primary amides is 1. The summed E-state index contributed by atoms with van der Waals surface area (Å²) in [6, 6.07) is 10.0. The Hall–Kier alpha value is -4.32. The third-order valence-corrected chi connectivity index (χ3v) is 4.62. The molecule has 12 nitrogen and oxygen atoms in total. The number of anilines is 3. The van der Waals surface area contributed by atoms with E-state index in [1.54, 1.807) is 31.2 Å². The Bertz CT molecular complexity index is 1340. The van der Waals surface area contributed by atoms with E-state index in [1.165, 1.54) is 4.52 Å². The Balaban J connectivity index is 1.58. The van der Waals surface area contributed by atoms with Crippen molar-refractivity contribution in [3.8, 4) is 0 Å². The van der Waals surface area contributed by atoms with Crippen LogP contribution in [0, 0.1) is 0 Å². The van der Waals surface area contributed by atoms with E-state index in [0.29, 0.717) is 22.3 Å². The smallest absolute Gasteiger partial charge is 0.274 e. The minimum Gasteiger partial charge on any atom is -0.382 e. The second-order valence-electron chi connectivity index (χ2n) is 6.73. The molecule has 13 heteroatoms. The number of halogens is 1. The summed E-state index contributed by atoms with van der Waals surface area (Å²) in [6.45, 7) is 1.69. The van der Waals surface area contributed by atoms with Crippen LogP contribution in [0.2, 0.25) is 5.02 Å². The molecule has 162 valence electrons. The number of nitrogens with two attached hydrogens (primary N) is 2. The summed E-state index contributed by atoms with van der Waals surface area (Å²) in [5, 5.41) is 19.1. The second kappa shape index (κ2) is 8.43. The quantitative estimate of drug-likeness (QED) is 0.337. The Kier molecular flexibility index (Phi) is 5.52. The molecule has 3 aromatic heterocycles. The second-order valence-corrected chi connectivity index (χ2v) is 7.17. The minimum absolute atomic E-state index is 0.142. The zero-order chi connectivity index (χ0) is 22.8. The first-order chi connectivity index (χ1) is 15.3. The van der Waals surface area contributed by atoms with Crippen molar-refractivity contribution < 1.29 is 9.59 Å². The van der Waals surface area contributed by atoms with Gasteiger partial charge in [-0.2, -0.15) is 4.52 Å². The number of hydrogen-bond acceptors (Lipinski definition) is 9. The highest BCUT2D eigenvalue weighted by atomic mass is 35.5. The van der Waals surface area contributed by atoms with Gasteiger partial charge in [0, 0.05) is 10.7 Å². The van der Waals surface area contributed by atoms with Crippen LogP contribution in [-0.2, 0) is 0 Å². The van der Waals surface area contributed by atoms with E-state index in [0.717, 1.165) is 11.9 Å². The predicted molar refractivity (Wildman–Crippen MR) is 116 cm³/mol. The molecule has 0 bridgehead atoms. The Morgan fingerprint density at radius 2 is 2.00 bits per heavy atom. The van der Waals surface area contributed by atoms with Crippen molar-refractivity contribution in [1.82, 2.24) is 35.1 Å². The SMILES string of the molecule is C[C@@H](NC(=O)c1nc(C(N)=O)cnc1N)c1nnc2ccc(Nc3cccc(Cl)c3)nn12. The summed E-state index contributed by atoms with van der Waals surface area (Å²) in [7, 11) is 0. The van der Waals surface area contributed by atoms with Crippen LogP contribution in [-0.4, -0.2) is 41.6 Å². The molecule has 1 aromatic carbocycles. The standard InChI is InChI=1S/C19H17ClN10O2/c1-9(24-19(32)15-16(21)23-8-12(26-15)17(22)31)18-28-27-14-6-5-13(29-30(14)18)25-11-4-2-3-10(20)7-11/h2-9H,1H3,(H2,21,23)(H2,22,31)(H,24,32)(H,25,29)/t9-/m1/s1. The van der Waals surface area contributed by atoms with E-state index < -0.39 is 17.9 Å². The van der Waals surface area contributed by atoms with Crippen LogP contribution in [0.15, 0.2) is 42.6 Å². The minimum atomic E-state index is -0.827. The summed E-state index contributed by atoms with van der Waals surface area (Å²) in [6.07, 6.45) is 1.10. The summed E-state index contributed by atoms with van der Waals surface area (Å²) in [5.74, 6) is -0.747. The third-order valence-electron chi connectivity index (χ3n) is 4.39. The number of hydrogen-bond donors (Lipinski definition) is 4. The highest BCUT2D eigenvalue weighted by Gasteiger charge is 2.21. The zero-order valence-corrected chi connectivity index (χ0v) is 17.4. The number of nitrogen functional groups attached to an aromatic ring is 1. The molecule has 0 saturated heterocycles. The van der Waals surface area contributed by atoms with Crippen molar-refractivity contribution in [2.45, 2.75) is 13.0 Å². The molecule has 0 saturated carbocycles. The van der Waals surface area contributed by atoms with Gasteiger partial charge in [0.2, 0.25) is 0 Å². The molecule has 4 rings (SSSR count). The van der Waals surface area contributed by atoms with Crippen LogP contribution in [0.5, 0.6) is 0 Å². The average molecular weight is 453 g/mol. The van der Waals surface area contributed by atoms with Crippen molar-refractivity contribution >= 4 is 46.4 Å². The third kappa shape index (κ3) is 4.25. The summed E-state index contributed by atoms with van der Waals surface area (Å²) < 4.78 is 1.49. The van der Waals surface area contributed by atoms with E-state index in [4.69, 9.17) is 23.1 Å². The highest BCUT2D eigenvalue weighted by molar-refractivity contribution is 6.30. The maximum absolute atomic E-state index is 12.7. The molecule has 1 atom stereocenters. The van der Waals surface area contributed by atoms with Gasteiger partial charge >= 0.3 is 0 Å². The van der Waals surface area contributed by atoms with Crippen molar-refractivity contribution in [3.05, 3.63) is 64.8 Å². The molecular weight excluding hydrogens is 436 g/mol. The maximum Gasteiger partial charge on any atom is 0.274 e. The topological polar surface area (TPSA) is 179 Å². The Morgan fingerprint density at radius 3 is 2.75 bits per heavy atom. The van der Waals surface area contributed by atoms with Gasteiger partial charge in [0.25, 0.3) is 11.8 Å². The first-order valence-corrected chi connectivity index (χ1v) is 9.68. The largest absolute Gasteiger partial charge is 0.382 e. The van der Waals surface area contributed by atoms with Crippen molar-refractivity contribution in [2.75, 3.05) is 11.1 Å². The molecule has 0 fully saturated rings. The van der Waals surface area contributed by atoms with Crippen LogP contribution < -0.4 is 22.1 Å². The molecule has 2 amide bonds. The van der Waals surface area contributed by atoms with Gasteiger partial charge in [-0.05, 0) is 37.3 Å². The Labute approximate surface area is 186 Å². The molecule has 0 aliphatic carbocycles. The van der Waals surface area contributed by atoms with Gasteiger partial charge in [-0.1, -0.05) is 17.7 Å². The van der Waals surface area contributed by atoms with Gasteiger partial charge in [-0.3, -0.25) is 9.59 Å². The number of nitrogens with one attached hydrogen (secondary N) is 2.